The van der Waals surface area contributed by atoms with Gasteiger partial charge in [-0.2, -0.15) is 0 Å². The van der Waals surface area contributed by atoms with Gasteiger partial charge in [0.1, 0.15) is 5.82 Å². The number of nitrogens with one attached hydrogen (secondary N) is 2. The molecule has 0 aliphatic carbocycles. The third kappa shape index (κ3) is 6.28. The first-order valence-electron chi connectivity index (χ1n) is 5.94. The quantitative estimate of drug-likeness (QED) is 0.757. The molecule has 0 saturated heterocycles. The zero-order valence-electron chi connectivity index (χ0n) is 11.9. The fraction of sp³-hybridized carbons (Fsp3) is 0.417. The van der Waals surface area contributed by atoms with Crippen molar-refractivity contribution in [1.29, 1.82) is 0 Å². The fourth-order valence-corrected chi connectivity index (χ4v) is 1.97. The minimum atomic E-state index is -3.60. The van der Waals surface area contributed by atoms with Gasteiger partial charge in [-0.05, 0) is 24.1 Å². The molecule has 0 radical (unpaired) electrons. The van der Waals surface area contributed by atoms with E-state index in [1.165, 1.54) is 12.1 Å². The minimum Gasteiger partial charge on any atom is -0.325 e. The van der Waals surface area contributed by atoms with Gasteiger partial charge < -0.3 is 11.1 Å². The number of hydrogen-bond donors (Lipinski definition) is 3. The van der Waals surface area contributed by atoms with Crippen LogP contribution in [0.5, 0.6) is 0 Å². The Morgan fingerprint density at radius 3 is 2.38 bits per heavy atom. The lowest BCUT2D eigenvalue weighted by atomic mass is 10.0. The molecule has 0 fully saturated rings. The molecule has 0 aliphatic rings. The van der Waals surface area contributed by atoms with Crippen LogP contribution in [0.25, 0.3) is 0 Å². The third-order valence-electron chi connectivity index (χ3n) is 2.55. The van der Waals surface area contributed by atoms with Crippen LogP contribution in [0.3, 0.4) is 0 Å². The predicted molar refractivity (Wildman–Crippen MR) is 83.6 cm³/mol. The van der Waals surface area contributed by atoms with E-state index in [9.17, 15) is 17.6 Å². The predicted octanol–water partition coefficient (Wildman–Crippen LogP) is 1.54. The topological polar surface area (TPSA) is 101 Å². The van der Waals surface area contributed by atoms with Crippen LogP contribution in [0.4, 0.5) is 15.8 Å². The molecule has 1 amide bonds. The summed E-state index contributed by atoms with van der Waals surface area (Å²) in [5.74, 6) is -1.21. The Morgan fingerprint density at radius 2 is 1.90 bits per heavy atom. The highest BCUT2D eigenvalue weighted by Gasteiger charge is 2.18. The molecule has 1 atom stereocenters. The van der Waals surface area contributed by atoms with Crippen LogP contribution >= 0.6 is 12.4 Å². The standard InChI is InChI=1S/C12H18FN3O3S.ClH/c1-7(2)11(14)12(17)15-8-4-5-9(13)10(6-8)16-20(3,18)19;/h4-7,11,16H,14H2,1-3H3,(H,15,17);1H/t11-;/m0./s1. The van der Waals surface area contributed by atoms with Crippen molar-refractivity contribution < 1.29 is 17.6 Å². The number of nitrogens with two attached hydrogens (primary N) is 1. The van der Waals surface area contributed by atoms with Gasteiger partial charge in [0.2, 0.25) is 15.9 Å². The van der Waals surface area contributed by atoms with Crippen molar-refractivity contribution >= 4 is 39.7 Å². The Labute approximate surface area is 129 Å². The lowest BCUT2D eigenvalue weighted by Gasteiger charge is -2.16. The Bertz CT molecular complexity index is 608. The lowest BCUT2D eigenvalue weighted by Crippen LogP contribution is -2.39. The molecule has 21 heavy (non-hydrogen) atoms. The molecular weight excluding hydrogens is 321 g/mol. The highest BCUT2D eigenvalue weighted by molar-refractivity contribution is 7.92. The zero-order chi connectivity index (χ0) is 15.5. The normalized spacial score (nSPS) is 12.5. The number of rotatable bonds is 5. The van der Waals surface area contributed by atoms with Crippen LogP contribution in [-0.4, -0.2) is 26.6 Å². The van der Waals surface area contributed by atoms with Crippen LogP contribution in [0, 0.1) is 11.7 Å². The van der Waals surface area contributed by atoms with Crippen molar-refractivity contribution in [2.75, 3.05) is 16.3 Å². The maximum absolute atomic E-state index is 13.5. The van der Waals surface area contributed by atoms with E-state index < -0.39 is 27.8 Å². The second-order valence-electron chi connectivity index (χ2n) is 4.83. The average molecular weight is 340 g/mol. The first kappa shape index (κ1) is 19.6. The largest absolute Gasteiger partial charge is 0.325 e. The van der Waals surface area contributed by atoms with Gasteiger partial charge in [0.25, 0.3) is 0 Å². The first-order chi connectivity index (χ1) is 9.10. The second kappa shape index (κ2) is 7.58. The fourth-order valence-electron chi connectivity index (χ4n) is 1.41. The maximum Gasteiger partial charge on any atom is 0.241 e. The zero-order valence-corrected chi connectivity index (χ0v) is 13.5. The van der Waals surface area contributed by atoms with Crippen LogP contribution in [0.15, 0.2) is 18.2 Å². The van der Waals surface area contributed by atoms with Gasteiger partial charge in [-0.15, -0.1) is 12.4 Å². The van der Waals surface area contributed by atoms with E-state index in [0.29, 0.717) is 0 Å². The molecule has 0 saturated carbocycles. The molecule has 6 nitrogen and oxygen atoms in total. The number of amides is 1. The summed E-state index contributed by atoms with van der Waals surface area (Å²) in [6.07, 6.45) is 0.909. The summed E-state index contributed by atoms with van der Waals surface area (Å²) >= 11 is 0. The summed E-state index contributed by atoms with van der Waals surface area (Å²) in [5, 5.41) is 2.51. The molecule has 9 heteroatoms. The number of carbonyl (C=O) groups is 1. The molecule has 1 rings (SSSR count). The monoisotopic (exact) mass is 339 g/mol. The summed E-state index contributed by atoms with van der Waals surface area (Å²) in [6.45, 7) is 3.59. The van der Waals surface area contributed by atoms with Crippen LogP contribution in [0.2, 0.25) is 0 Å². The molecule has 1 aromatic carbocycles. The van der Waals surface area contributed by atoms with Gasteiger partial charge in [0, 0.05) is 5.69 Å². The molecule has 1 aromatic rings. The van der Waals surface area contributed by atoms with Gasteiger partial charge in [-0.25, -0.2) is 12.8 Å². The molecular formula is C12H19ClFN3O3S. The molecule has 4 N–H and O–H groups in total. The Hall–Kier alpha value is -1.38. The summed E-state index contributed by atoms with van der Waals surface area (Å²) in [6, 6.07) is 2.88. The lowest BCUT2D eigenvalue weighted by molar-refractivity contribution is -0.118. The molecule has 0 bridgehead atoms. The summed E-state index contributed by atoms with van der Waals surface area (Å²) in [7, 11) is -3.60. The van der Waals surface area contributed by atoms with Crippen molar-refractivity contribution in [3.63, 3.8) is 0 Å². The Kier molecular flexibility index (Phi) is 7.08. The van der Waals surface area contributed by atoms with E-state index in [2.05, 4.69) is 5.32 Å². The van der Waals surface area contributed by atoms with Gasteiger partial charge in [-0.3, -0.25) is 9.52 Å². The van der Waals surface area contributed by atoms with Crippen LogP contribution in [0.1, 0.15) is 13.8 Å². The summed E-state index contributed by atoms with van der Waals surface area (Å²) < 4.78 is 37.7. The molecule has 120 valence electrons. The van der Waals surface area contributed by atoms with Crippen molar-refractivity contribution in [2.24, 2.45) is 11.7 Å². The number of anilines is 2. The average Bonchev–Trinajstić information content (AvgIpc) is 2.30. The van der Waals surface area contributed by atoms with Crippen molar-refractivity contribution in [3.8, 4) is 0 Å². The molecule has 0 aromatic heterocycles. The number of carbonyl (C=O) groups excluding carboxylic acids is 1. The van der Waals surface area contributed by atoms with E-state index in [-0.39, 0.29) is 29.7 Å². The van der Waals surface area contributed by atoms with E-state index >= 15 is 0 Å². The summed E-state index contributed by atoms with van der Waals surface area (Å²) in [5.41, 5.74) is 5.71. The minimum absolute atomic E-state index is 0. The van der Waals surface area contributed by atoms with Crippen LogP contribution in [-0.2, 0) is 14.8 Å². The van der Waals surface area contributed by atoms with Gasteiger partial charge in [0.15, 0.2) is 0 Å². The highest BCUT2D eigenvalue weighted by atomic mass is 35.5. The summed E-state index contributed by atoms with van der Waals surface area (Å²) in [4.78, 5) is 11.8. The number of hydrogen-bond acceptors (Lipinski definition) is 4. The number of halogens is 2. The highest BCUT2D eigenvalue weighted by Crippen LogP contribution is 2.20. The second-order valence-corrected chi connectivity index (χ2v) is 6.58. The SMILES string of the molecule is CC(C)[C@H](N)C(=O)Nc1ccc(F)c(NS(C)(=O)=O)c1.Cl. The Balaban J connectivity index is 0.00000400. The Morgan fingerprint density at radius 1 is 1.33 bits per heavy atom. The van der Waals surface area contributed by atoms with E-state index in [1.807, 2.05) is 4.72 Å². The van der Waals surface area contributed by atoms with Crippen molar-refractivity contribution in [3.05, 3.63) is 24.0 Å². The van der Waals surface area contributed by atoms with E-state index in [4.69, 9.17) is 5.73 Å². The van der Waals surface area contributed by atoms with Crippen LogP contribution < -0.4 is 15.8 Å². The third-order valence-corrected chi connectivity index (χ3v) is 3.14. The van der Waals surface area contributed by atoms with E-state index in [1.54, 1.807) is 13.8 Å². The molecule has 0 heterocycles. The number of sulfonamides is 1. The smallest absolute Gasteiger partial charge is 0.241 e. The molecule has 0 unspecified atom stereocenters. The van der Waals surface area contributed by atoms with Gasteiger partial charge in [0.05, 0.1) is 18.0 Å². The van der Waals surface area contributed by atoms with E-state index in [0.717, 1.165) is 12.3 Å². The van der Waals surface area contributed by atoms with Gasteiger partial charge >= 0.3 is 0 Å². The molecule has 0 spiro atoms. The number of benzene rings is 1. The van der Waals surface area contributed by atoms with Crippen molar-refractivity contribution in [1.82, 2.24) is 0 Å². The molecule has 0 aliphatic heterocycles. The first-order valence-corrected chi connectivity index (χ1v) is 7.83. The van der Waals surface area contributed by atoms with Crippen molar-refractivity contribution in [2.45, 2.75) is 19.9 Å². The van der Waals surface area contributed by atoms with Gasteiger partial charge in [-0.1, -0.05) is 13.8 Å². The maximum atomic E-state index is 13.5.